The first-order valence-corrected chi connectivity index (χ1v) is 11.6. The molecule has 0 aliphatic carbocycles. The van der Waals surface area contributed by atoms with Crippen molar-refractivity contribution in [2.75, 3.05) is 11.4 Å². The molecule has 6 heteroatoms. The number of sulfonamides is 1. The van der Waals surface area contributed by atoms with Crippen LogP contribution in [-0.2, 0) is 16.6 Å². The molecule has 0 radical (unpaired) electrons. The summed E-state index contributed by atoms with van der Waals surface area (Å²) in [5.74, 6) is 0.134. The van der Waals surface area contributed by atoms with Gasteiger partial charge in [-0.2, -0.15) is 0 Å². The first kappa shape index (κ1) is 22.6. The Bertz CT molecular complexity index is 1170. The minimum atomic E-state index is -3.79. The third-order valence-corrected chi connectivity index (χ3v) is 7.00. The standard InChI is InChI=1S/C25H28N2O3S/c1-18(2)21-13-11-20(12-14-21)17-26-25(28)22-8-6-10-24(16-22)31(29,30)27(4)23-9-5-7-19(3)15-23/h5-16,18H,17H2,1-4H3,(H,26,28). The normalized spacial score (nSPS) is 11.4. The summed E-state index contributed by atoms with van der Waals surface area (Å²) < 4.78 is 27.4. The van der Waals surface area contributed by atoms with Gasteiger partial charge in [-0.15, -0.1) is 0 Å². The fourth-order valence-electron chi connectivity index (χ4n) is 3.22. The number of rotatable bonds is 7. The lowest BCUT2D eigenvalue weighted by molar-refractivity contribution is 0.0950. The summed E-state index contributed by atoms with van der Waals surface area (Å²) >= 11 is 0. The zero-order valence-corrected chi connectivity index (χ0v) is 19.1. The van der Waals surface area contributed by atoms with E-state index in [1.165, 1.54) is 29.0 Å². The van der Waals surface area contributed by atoms with Crippen LogP contribution in [0.2, 0.25) is 0 Å². The minimum Gasteiger partial charge on any atom is -0.348 e. The first-order valence-electron chi connectivity index (χ1n) is 10.2. The van der Waals surface area contributed by atoms with E-state index in [1.807, 2.05) is 31.2 Å². The second-order valence-electron chi connectivity index (χ2n) is 7.92. The Hall–Kier alpha value is -3.12. The van der Waals surface area contributed by atoms with Crippen molar-refractivity contribution in [2.24, 2.45) is 0 Å². The summed E-state index contributed by atoms with van der Waals surface area (Å²) in [5, 5.41) is 2.86. The molecule has 3 rings (SSSR count). The van der Waals surface area contributed by atoms with Gasteiger partial charge in [-0.05, 0) is 59.9 Å². The molecule has 31 heavy (non-hydrogen) atoms. The highest BCUT2D eigenvalue weighted by atomic mass is 32.2. The number of amides is 1. The summed E-state index contributed by atoms with van der Waals surface area (Å²) in [7, 11) is -2.28. The highest BCUT2D eigenvalue weighted by Gasteiger charge is 2.22. The van der Waals surface area contributed by atoms with Crippen molar-refractivity contribution in [3.05, 3.63) is 95.1 Å². The molecule has 5 nitrogen and oxygen atoms in total. The highest BCUT2D eigenvalue weighted by Crippen LogP contribution is 2.23. The van der Waals surface area contributed by atoms with Gasteiger partial charge in [0.25, 0.3) is 15.9 Å². The average molecular weight is 437 g/mol. The zero-order chi connectivity index (χ0) is 22.6. The van der Waals surface area contributed by atoms with Crippen molar-refractivity contribution < 1.29 is 13.2 Å². The van der Waals surface area contributed by atoms with E-state index in [9.17, 15) is 13.2 Å². The van der Waals surface area contributed by atoms with Crippen molar-refractivity contribution in [1.82, 2.24) is 5.32 Å². The van der Waals surface area contributed by atoms with Gasteiger partial charge in [0.05, 0.1) is 10.6 Å². The number of carbonyl (C=O) groups is 1. The van der Waals surface area contributed by atoms with Gasteiger partial charge in [-0.1, -0.05) is 56.3 Å². The highest BCUT2D eigenvalue weighted by molar-refractivity contribution is 7.92. The smallest absolute Gasteiger partial charge is 0.264 e. The lowest BCUT2D eigenvalue weighted by atomic mass is 10.0. The van der Waals surface area contributed by atoms with Crippen molar-refractivity contribution in [1.29, 1.82) is 0 Å². The molecule has 0 aromatic heterocycles. The minimum absolute atomic E-state index is 0.0745. The van der Waals surface area contributed by atoms with Gasteiger partial charge in [0, 0.05) is 19.2 Å². The van der Waals surface area contributed by atoms with Crippen LogP contribution in [0.15, 0.2) is 77.7 Å². The largest absolute Gasteiger partial charge is 0.348 e. The molecule has 0 bridgehead atoms. The fraction of sp³-hybridized carbons (Fsp3) is 0.240. The van der Waals surface area contributed by atoms with E-state index in [-0.39, 0.29) is 10.8 Å². The Morgan fingerprint density at radius 3 is 2.29 bits per heavy atom. The van der Waals surface area contributed by atoms with E-state index in [2.05, 4.69) is 31.3 Å². The van der Waals surface area contributed by atoms with Crippen molar-refractivity contribution in [3.63, 3.8) is 0 Å². The van der Waals surface area contributed by atoms with E-state index in [4.69, 9.17) is 0 Å². The Labute approximate surface area is 184 Å². The molecule has 0 saturated heterocycles. The van der Waals surface area contributed by atoms with E-state index in [0.29, 0.717) is 23.7 Å². The molecule has 0 saturated carbocycles. The molecule has 1 amide bonds. The molecule has 0 unspecified atom stereocenters. The Morgan fingerprint density at radius 1 is 0.968 bits per heavy atom. The molecule has 0 heterocycles. The molecule has 3 aromatic carbocycles. The number of carbonyl (C=O) groups excluding carboxylic acids is 1. The lowest BCUT2D eigenvalue weighted by Crippen LogP contribution is -2.27. The second kappa shape index (κ2) is 9.35. The Morgan fingerprint density at radius 2 is 1.65 bits per heavy atom. The fourth-order valence-corrected chi connectivity index (χ4v) is 4.46. The van der Waals surface area contributed by atoms with E-state index in [0.717, 1.165) is 11.1 Å². The maximum Gasteiger partial charge on any atom is 0.264 e. The van der Waals surface area contributed by atoms with Gasteiger partial charge in [0.2, 0.25) is 0 Å². The molecule has 3 aromatic rings. The van der Waals surface area contributed by atoms with E-state index >= 15 is 0 Å². The van der Waals surface area contributed by atoms with Crippen LogP contribution in [0, 0.1) is 6.92 Å². The third kappa shape index (κ3) is 5.33. The number of anilines is 1. The average Bonchev–Trinajstić information content (AvgIpc) is 2.77. The summed E-state index contributed by atoms with van der Waals surface area (Å²) in [6, 6.07) is 21.5. The van der Waals surface area contributed by atoms with Gasteiger partial charge >= 0.3 is 0 Å². The van der Waals surface area contributed by atoms with Crippen LogP contribution < -0.4 is 9.62 Å². The van der Waals surface area contributed by atoms with Crippen LogP contribution in [0.5, 0.6) is 0 Å². The number of nitrogens with one attached hydrogen (secondary N) is 1. The molecule has 0 atom stereocenters. The maximum absolute atomic E-state index is 13.1. The quantitative estimate of drug-likeness (QED) is 0.574. The molecular weight excluding hydrogens is 408 g/mol. The molecule has 0 aliphatic heterocycles. The third-order valence-electron chi connectivity index (χ3n) is 5.22. The van der Waals surface area contributed by atoms with Crippen LogP contribution in [0.4, 0.5) is 5.69 Å². The summed E-state index contributed by atoms with van der Waals surface area (Å²) in [5.41, 5.74) is 4.07. The van der Waals surface area contributed by atoms with Crippen LogP contribution in [0.1, 0.15) is 46.8 Å². The SMILES string of the molecule is Cc1cccc(N(C)S(=O)(=O)c2cccc(C(=O)NCc3ccc(C(C)C)cc3)c2)c1. The monoisotopic (exact) mass is 436 g/mol. The summed E-state index contributed by atoms with van der Waals surface area (Å²) in [4.78, 5) is 12.7. The molecule has 162 valence electrons. The predicted molar refractivity (Wildman–Crippen MR) is 125 cm³/mol. The van der Waals surface area contributed by atoms with Crippen LogP contribution >= 0.6 is 0 Å². The number of hydrogen-bond acceptors (Lipinski definition) is 3. The van der Waals surface area contributed by atoms with Gasteiger partial charge in [-0.25, -0.2) is 8.42 Å². The van der Waals surface area contributed by atoms with Crippen molar-refractivity contribution in [2.45, 2.75) is 38.1 Å². The first-order chi connectivity index (χ1) is 14.7. The van der Waals surface area contributed by atoms with Crippen molar-refractivity contribution >= 4 is 21.6 Å². The Kier molecular flexibility index (Phi) is 6.81. The molecular formula is C25H28N2O3S. The van der Waals surface area contributed by atoms with Gasteiger partial charge in [0.1, 0.15) is 0 Å². The van der Waals surface area contributed by atoms with Crippen LogP contribution in [0.25, 0.3) is 0 Å². The van der Waals surface area contributed by atoms with Crippen LogP contribution in [-0.4, -0.2) is 21.4 Å². The summed E-state index contributed by atoms with van der Waals surface area (Å²) in [6.07, 6.45) is 0. The molecule has 1 N–H and O–H groups in total. The molecule has 0 aliphatic rings. The molecule has 0 fully saturated rings. The van der Waals surface area contributed by atoms with Gasteiger partial charge in [-0.3, -0.25) is 9.10 Å². The number of nitrogens with zero attached hydrogens (tertiary/aromatic N) is 1. The Balaban J connectivity index is 1.75. The number of benzene rings is 3. The van der Waals surface area contributed by atoms with Gasteiger partial charge < -0.3 is 5.32 Å². The number of aryl methyl sites for hydroxylation is 1. The van der Waals surface area contributed by atoms with Crippen molar-refractivity contribution in [3.8, 4) is 0 Å². The maximum atomic E-state index is 13.1. The van der Waals surface area contributed by atoms with E-state index < -0.39 is 10.0 Å². The lowest BCUT2D eigenvalue weighted by Gasteiger charge is -2.20. The number of hydrogen-bond donors (Lipinski definition) is 1. The topological polar surface area (TPSA) is 66.5 Å². The predicted octanol–water partition coefficient (Wildman–Crippen LogP) is 4.87. The summed E-state index contributed by atoms with van der Waals surface area (Å²) in [6.45, 7) is 6.55. The van der Waals surface area contributed by atoms with Crippen LogP contribution in [0.3, 0.4) is 0 Å². The van der Waals surface area contributed by atoms with E-state index in [1.54, 1.807) is 24.3 Å². The molecule has 0 spiro atoms. The zero-order valence-electron chi connectivity index (χ0n) is 18.3. The van der Waals surface area contributed by atoms with Gasteiger partial charge in [0.15, 0.2) is 0 Å². The second-order valence-corrected chi connectivity index (χ2v) is 9.89.